The number of benzene rings is 2. The number of nitrogens with one attached hydrogen (secondary N) is 2. The molecule has 2 heterocycles. The minimum absolute atomic E-state index is 0.0196. The van der Waals surface area contributed by atoms with Crippen LogP contribution in [0, 0.1) is 0 Å². The zero-order valence-electron chi connectivity index (χ0n) is 16.8. The van der Waals surface area contributed by atoms with Gasteiger partial charge >= 0.3 is 0 Å². The van der Waals surface area contributed by atoms with E-state index in [9.17, 15) is 14.4 Å². The molecule has 1 aromatic heterocycles. The molecule has 4 rings (SSSR count). The maximum absolute atomic E-state index is 12.5. The second-order valence-corrected chi connectivity index (χ2v) is 7.25. The number of hydrogen-bond donors (Lipinski definition) is 2. The Bertz CT molecular complexity index is 1080. The van der Waals surface area contributed by atoms with Crippen LogP contribution in [0.15, 0.2) is 65.3 Å². The Morgan fingerprint density at radius 2 is 1.84 bits per heavy atom. The third-order valence-electron chi connectivity index (χ3n) is 4.95. The summed E-state index contributed by atoms with van der Waals surface area (Å²) in [6.07, 6.45) is 1.65. The first kappa shape index (κ1) is 20.3. The van der Waals surface area contributed by atoms with Crippen molar-refractivity contribution in [2.45, 2.75) is 13.0 Å². The molecule has 1 saturated heterocycles. The van der Waals surface area contributed by atoms with Gasteiger partial charge in [0.25, 0.3) is 5.91 Å². The molecule has 2 N–H and O–H groups in total. The molecule has 2 aromatic carbocycles. The normalized spacial score (nSPS) is 13.5. The van der Waals surface area contributed by atoms with E-state index in [1.54, 1.807) is 0 Å². The van der Waals surface area contributed by atoms with Gasteiger partial charge in [0.15, 0.2) is 5.69 Å². The Balaban J connectivity index is 1.33. The molecule has 158 valence electrons. The number of aromatic nitrogens is 1. The van der Waals surface area contributed by atoms with Gasteiger partial charge < -0.3 is 20.0 Å². The average molecular weight is 418 g/mol. The molecule has 0 aliphatic carbocycles. The summed E-state index contributed by atoms with van der Waals surface area (Å²) >= 11 is 0. The largest absolute Gasteiger partial charge is 0.444 e. The first-order chi connectivity index (χ1) is 15.1. The fourth-order valence-corrected chi connectivity index (χ4v) is 3.29. The van der Waals surface area contributed by atoms with Crippen molar-refractivity contribution in [3.05, 3.63) is 77.7 Å². The predicted molar refractivity (Wildman–Crippen MR) is 113 cm³/mol. The van der Waals surface area contributed by atoms with Gasteiger partial charge in [-0.05, 0) is 23.3 Å². The van der Waals surface area contributed by atoms with Crippen molar-refractivity contribution in [1.82, 2.24) is 20.5 Å². The molecule has 0 bridgehead atoms. The quantitative estimate of drug-likeness (QED) is 0.635. The SMILES string of the molecule is O=C(Cc1ccccc1)NCc1ccc(-c2nc(C(=O)N3CCNC(=O)C3)co2)cc1. The molecule has 0 unspecified atom stereocenters. The van der Waals surface area contributed by atoms with Gasteiger partial charge in [0.1, 0.15) is 6.26 Å². The van der Waals surface area contributed by atoms with Crippen LogP contribution in [-0.4, -0.2) is 47.2 Å². The van der Waals surface area contributed by atoms with Crippen LogP contribution in [0.5, 0.6) is 0 Å². The lowest BCUT2D eigenvalue weighted by Gasteiger charge is -2.25. The van der Waals surface area contributed by atoms with Gasteiger partial charge in [0, 0.05) is 25.2 Å². The molecule has 0 spiro atoms. The summed E-state index contributed by atoms with van der Waals surface area (Å²) in [5, 5.41) is 5.59. The van der Waals surface area contributed by atoms with Crippen molar-refractivity contribution in [1.29, 1.82) is 0 Å². The molecule has 31 heavy (non-hydrogen) atoms. The number of carbonyl (C=O) groups excluding carboxylic acids is 3. The van der Waals surface area contributed by atoms with Crippen molar-refractivity contribution < 1.29 is 18.8 Å². The molecule has 3 aromatic rings. The Labute approximate surface area is 179 Å². The first-order valence-electron chi connectivity index (χ1n) is 10.00. The van der Waals surface area contributed by atoms with Gasteiger partial charge in [-0.15, -0.1) is 0 Å². The van der Waals surface area contributed by atoms with E-state index in [2.05, 4.69) is 15.6 Å². The van der Waals surface area contributed by atoms with Crippen molar-refractivity contribution >= 4 is 17.7 Å². The lowest BCUT2D eigenvalue weighted by Crippen LogP contribution is -2.50. The van der Waals surface area contributed by atoms with Gasteiger partial charge in [-0.2, -0.15) is 0 Å². The fourth-order valence-electron chi connectivity index (χ4n) is 3.29. The molecule has 0 atom stereocenters. The number of amides is 3. The Hall–Kier alpha value is -3.94. The fraction of sp³-hybridized carbons (Fsp3) is 0.217. The summed E-state index contributed by atoms with van der Waals surface area (Å²) in [7, 11) is 0. The summed E-state index contributed by atoms with van der Waals surface area (Å²) in [5.41, 5.74) is 2.79. The van der Waals surface area contributed by atoms with Crippen molar-refractivity contribution in [3.8, 4) is 11.5 Å². The highest BCUT2D eigenvalue weighted by Gasteiger charge is 2.24. The maximum atomic E-state index is 12.5. The number of nitrogens with zero attached hydrogens (tertiary/aromatic N) is 2. The highest BCUT2D eigenvalue weighted by atomic mass is 16.3. The van der Waals surface area contributed by atoms with E-state index in [0.717, 1.165) is 16.7 Å². The van der Waals surface area contributed by atoms with E-state index in [-0.39, 0.29) is 30.0 Å². The smallest absolute Gasteiger partial charge is 0.276 e. The topological polar surface area (TPSA) is 105 Å². The van der Waals surface area contributed by atoms with Crippen LogP contribution in [0.3, 0.4) is 0 Å². The van der Waals surface area contributed by atoms with Crippen molar-refractivity contribution in [3.63, 3.8) is 0 Å². The number of rotatable bonds is 6. The molecule has 1 aliphatic heterocycles. The van der Waals surface area contributed by atoms with Crippen molar-refractivity contribution in [2.24, 2.45) is 0 Å². The van der Waals surface area contributed by atoms with E-state index in [0.29, 0.717) is 31.9 Å². The molecular formula is C23H22N4O4. The monoisotopic (exact) mass is 418 g/mol. The molecule has 0 saturated carbocycles. The molecule has 8 heteroatoms. The van der Waals surface area contributed by atoms with Crippen LogP contribution in [0.2, 0.25) is 0 Å². The maximum Gasteiger partial charge on any atom is 0.276 e. The molecule has 1 aliphatic rings. The van der Waals surface area contributed by atoms with E-state index in [1.165, 1.54) is 11.2 Å². The standard InChI is InChI=1S/C23H22N4O4/c28-20(12-16-4-2-1-3-5-16)25-13-17-6-8-18(9-7-17)22-26-19(15-31-22)23(30)27-11-10-24-21(29)14-27/h1-9,15H,10-14H2,(H,24,29)(H,25,28). The van der Waals surface area contributed by atoms with E-state index >= 15 is 0 Å². The summed E-state index contributed by atoms with van der Waals surface area (Å²) < 4.78 is 5.47. The minimum atomic E-state index is -0.331. The molecule has 3 amide bonds. The van der Waals surface area contributed by atoms with Crippen LogP contribution >= 0.6 is 0 Å². The zero-order chi connectivity index (χ0) is 21.6. The number of piperazine rings is 1. The van der Waals surface area contributed by atoms with Gasteiger partial charge in [-0.25, -0.2) is 4.98 Å². The first-order valence-corrected chi connectivity index (χ1v) is 10.00. The Kier molecular flexibility index (Phi) is 6.07. The van der Waals surface area contributed by atoms with Crippen LogP contribution in [0.25, 0.3) is 11.5 Å². The van der Waals surface area contributed by atoms with E-state index in [4.69, 9.17) is 4.42 Å². The van der Waals surface area contributed by atoms with Crippen LogP contribution < -0.4 is 10.6 Å². The molecule has 1 fully saturated rings. The van der Waals surface area contributed by atoms with E-state index in [1.807, 2.05) is 54.6 Å². The highest BCUT2D eigenvalue weighted by molar-refractivity contribution is 5.95. The molecule has 8 nitrogen and oxygen atoms in total. The lowest BCUT2D eigenvalue weighted by molar-refractivity contribution is -0.123. The summed E-state index contributed by atoms with van der Waals surface area (Å²) in [5.74, 6) is -0.237. The predicted octanol–water partition coefficient (Wildman–Crippen LogP) is 1.77. The van der Waals surface area contributed by atoms with Gasteiger partial charge in [-0.3, -0.25) is 14.4 Å². The van der Waals surface area contributed by atoms with Gasteiger partial charge in [0.2, 0.25) is 17.7 Å². The van der Waals surface area contributed by atoms with E-state index < -0.39 is 0 Å². The minimum Gasteiger partial charge on any atom is -0.444 e. The van der Waals surface area contributed by atoms with Crippen LogP contribution in [0.4, 0.5) is 0 Å². The van der Waals surface area contributed by atoms with Crippen LogP contribution in [0.1, 0.15) is 21.6 Å². The highest BCUT2D eigenvalue weighted by Crippen LogP contribution is 2.20. The third-order valence-corrected chi connectivity index (χ3v) is 4.95. The summed E-state index contributed by atoms with van der Waals surface area (Å²) in [6, 6.07) is 17.0. The summed E-state index contributed by atoms with van der Waals surface area (Å²) in [6.45, 7) is 1.31. The Morgan fingerprint density at radius 3 is 2.58 bits per heavy atom. The van der Waals surface area contributed by atoms with Crippen LogP contribution in [-0.2, 0) is 22.6 Å². The van der Waals surface area contributed by atoms with Gasteiger partial charge in [-0.1, -0.05) is 42.5 Å². The second-order valence-electron chi connectivity index (χ2n) is 7.25. The zero-order valence-corrected chi connectivity index (χ0v) is 16.8. The Morgan fingerprint density at radius 1 is 1.06 bits per heavy atom. The number of oxazole rings is 1. The third kappa shape index (κ3) is 5.16. The number of hydrogen-bond acceptors (Lipinski definition) is 5. The molecule has 0 radical (unpaired) electrons. The molecular weight excluding hydrogens is 396 g/mol. The van der Waals surface area contributed by atoms with Gasteiger partial charge in [0.05, 0.1) is 13.0 Å². The lowest BCUT2D eigenvalue weighted by atomic mass is 10.1. The summed E-state index contributed by atoms with van der Waals surface area (Å²) in [4.78, 5) is 41.8. The second kappa shape index (κ2) is 9.25. The number of carbonyl (C=O) groups is 3. The van der Waals surface area contributed by atoms with Crippen molar-refractivity contribution in [2.75, 3.05) is 19.6 Å². The average Bonchev–Trinajstić information content (AvgIpc) is 3.28.